The standard InChI is InChI=1S/C18H18N4O3S/c23-17(22-18-20-15-8-4-5-9-16(15)21-18)10-12-19-26(24,25)13-11-14-6-2-1-3-7-14/h1-9,11,13,19H,10,12H2,(H2,20,21,22,23)/b13-11+. The molecule has 0 saturated heterocycles. The largest absolute Gasteiger partial charge is 0.324 e. The third-order valence-corrected chi connectivity index (χ3v) is 4.64. The number of hydrogen-bond donors (Lipinski definition) is 3. The summed E-state index contributed by atoms with van der Waals surface area (Å²) in [7, 11) is -3.60. The molecule has 1 amide bonds. The number of rotatable bonds is 7. The molecule has 2 aromatic carbocycles. The van der Waals surface area contributed by atoms with Crippen molar-refractivity contribution in [2.24, 2.45) is 0 Å². The topological polar surface area (TPSA) is 104 Å². The molecule has 0 aliphatic carbocycles. The highest BCUT2D eigenvalue weighted by Gasteiger charge is 2.09. The molecule has 0 atom stereocenters. The van der Waals surface area contributed by atoms with Gasteiger partial charge in [0.1, 0.15) is 0 Å². The summed E-state index contributed by atoms with van der Waals surface area (Å²) >= 11 is 0. The van der Waals surface area contributed by atoms with Crippen molar-refractivity contribution in [3.8, 4) is 0 Å². The second kappa shape index (κ2) is 7.94. The third kappa shape index (κ3) is 5.01. The molecular formula is C18H18N4O3S. The fraction of sp³-hybridized carbons (Fsp3) is 0.111. The number of nitrogens with zero attached hydrogens (tertiary/aromatic N) is 1. The van der Waals surface area contributed by atoms with Crippen LogP contribution in [-0.2, 0) is 14.8 Å². The zero-order valence-corrected chi connectivity index (χ0v) is 14.7. The molecule has 0 fully saturated rings. The van der Waals surface area contributed by atoms with Gasteiger partial charge in [0, 0.05) is 18.4 Å². The van der Waals surface area contributed by atoms with Gasteiger partial charge < -0.3 is 4.98 Å². The van der Waals surface area contributed by atoms with Gasteiger partial charge in [-0.1, -0.05) is 42.5 Å². The van der Waals surface area contributed by atoms with Crippen LogP contribution in [0.2, 0.25) is 0 Å². The van der Waals surface area contributed by atoms with Crippen molar-refractivity contribution in [3.63, 3.8) is 0 Å². The van der Waals surface area contributed by atoms with Gasteiger partial charge in [0.05, 0.1) is 11.0 Å². The number of imidazole rings is 1. The number of amides is 1. The number of anilines is 1. The van der Waals surface area contributed by atoms with Gasteiger partial charge in [0.2, 0.25) is 21.9 Å². The van der Waals surface area contributed by atoms with Crippen LogP contribution in [0.25, 0.3) is 17.1 Å². The van der Waals surface area contributed by atoms with Crippen LogP contribution in [0.4, 0.5) is 5.95 Å². The molecule has 0 spiro atoms. The van der Waals surface area contributed by atoms with Crippen LogP contribution in [0.1, 0.15) is 12.0 Å². The predicted octanol–water partition coefficient (Wildman–Crippen LogP) is 2.48. The monoisotopic (exact) mass is 370 g/mol. The summed E-state index contributed by atoms with van der Waals surface area (Å²) in [6.45, 7) is -0.00642. The highest BCUT2D eigenvalue weighted by atomic mass is 32.2. The molecule has 0 aliphatic heterocycles. The van der Waals surface area contributed by atoms with E-state index in [1.807, 2.05) is 42.5 Å². The number of carbonyl (C=O) groups excluding carboxylic acids is 1. The van der Waals surface area contributed by atoms with E-state index in [0.29, 0.717) is 5.95 Å². The average molecular weight is 370 g/mol. The van der Waals surface area contributed by atoms with E-state index >= 15 is 0 Å². The summed E-state index contributed by atoms with van der Waals surface area (Å²) < 4.78 is 26.2. The van der Waals surface area contributed by atoms with Gasteiger partial charge in [-0.05, 0) is 23.8 Å². The highest BCUT2D eigenvalue weighted by molar-refractivity contribution is 7.92. The van der Waals surface area contributed by atoms with Crippen molar-refractivity contribution in [1.82, 2.24) is 14.7 Å². The Morgan fingerprint density at radius 2 is 1.81 bits per heavy atom. The fourth-order valence-electron chi connectivity index (χ4n) is 2.29. The van der Waals surface area contributed by atoms with E-state index in [-0.39, 0.29) is 18.9 Å². The van der Waals surface area contributed by atoms with E-state index in [4.69, 9.17) is 0 Å². The van der Waals surface area contributed by atoms with Gasteiger partial charge in [-0.25, -0.2) is 18.1 Å². The summed E-state index contributed by atoms with van der Waals surface area (Å²) in [5, 5.41) is 3.70. The van der Waals surface area contributed by atoms with Crippen molar-refractivity contribution in [1.29, 1.82) is 0 Å². The summed E-state index contributed by atoms with van der Waals surface area (Å²) in [5.41, 5.74) is 2.34. The number of aromatic amines is 1. The SMILES string of the molecule is O=C(CCNS(=O)(=O)/C=C/c1ccccc1)Nc1nc2ccccc2[nH]1. The van der Waals surface area contributed by atoms with Gasteiger partial charge >= 0.3 is 0 Å². The first-order chi connectivity index (χ1) is 12.5. The average Bonchev–Trinajstić information content (AvgIpc) is 3.03. The number of benzene rings is 2. The molecule has 3 N–H and O–H groups in total. The molecule has 3 rings (SSSR count). The second-order valence-corrected chi connectivity index (χ2v) is 7.20. The molecule has 8 heteroatoms. The molecule has 0 aliphatic rings. The van der Waals surface area contributed by atoms with Crippen LogP contribution in [0, 0.1) is 0 Å². The summed E-state index contributed by atoms with van der Waals surface area (Å²) in [4.78, 5) is 19.1. The van der Waals surface area contributed by atoms with Crippen molar-refractivity contribution < 1.29 is 13.2 Å². The zero-order valence-electron chi connectivity index (χ0n) is 13.8. The second-order valence-electron chi connectivity index (χ2n) is 5.55. The third-order valence-electron chi connectivity index (χ3n) is 3.54. The molecule has 7 nitrogen and oxygen atoms in total. The van der Waals surface area contributed by atoms with Crippen LogP contribution in [0.3, 0.4) is 0 Å². The maximum atomic E-state index is 11.9. The molecule has 1 aromatic heterocycles. The van der Waals surface area contributed by atoms with Crippen molar-refractivity contribution in [3.05, 3.63) is 65.6 Å². The maximum Gasteiger partial charge on any atom is 0.233 e. The van der Waals surface area contributed by atoms with E-state index < -0.39 is 10.0 Å². The number of aromatic nitrogens is 2. The van der Waals surface area contributed by atoms with Crippen molar-refractivity contribution in [2.45, 2.75) is 6.42 Å². The number of sulfonamides is 1. The van der Waals surface area contributed by atoms with E-state index in [9.17, 15) is 13.2 Å². The lowest BCUT2D eigenvalue weighted by Crippen LogP contribution is -2.26. The normalized spacial score (nSPS) is 11.8. The van der Waals surface area contributed by atoms with E-state index in [1.54, 1.807) is 12.1 Å². The Hall–Kier alpha value is -2.97. The van der Waals surface area contributed by atoms with E-state index in [2.05, 4.69) is 20.0 Å². The first kappa shape index (κ1) is 17.8. The van der Waals surface area contributed by atoms with Crippen LogP contribution >= 0.6 is 0 Å². The number of H-pyrrole nitrogens is 1. The lowest BCUT2D eigenvalue weighted by Gasteiger charge is -2.03. The quantitative estimate of drug-likeness (QED) is 0.594. The summed E-state index contributed by atoms with van der Waals surface area (Å²) in [5.74, 6) is 0.00169. The van der Waals surface area contributed by atoms with Gasteiger partial charge in [-0.3, -0.25) is 10.1 Å². The van der Waals surface area contributed by atoms with Crippen molar-refractivity contribution >= 4 is 39.0 Å². The molecule has 0 bridgehead atoms. The molecule has 26 heavy (non-hydrogen) atoms. The van der Waals surface area contributed by atoms with Crippen LogP contribution in [0.5, 0.6) is 0 Å². The van der Waals surface area contributed by atoms with Gasteiger partial charge in [0.15, 0.2) is 0 Å². The Morgan fingerprint density at radius 1 is 1.08 bits per heavy atom. The van der Waals surface area contributed by atoms with Crippen LogP contribution in [0.15, 0.2) is 60.0 Å². The predicted molar refractivity (Wildman–Crippen MR) is 102 cm³/mol. The smallest absolute Gasteiger partial charge is 0.233 e. The maximum absolute atomic E-state index is 11.9. The Balaban J connectivity index is 1.49. The molecule has 134 valence electrons. The first-order valence-electron chi connectivity index (χ1n) is 7.99. The number of carbonyl (C=O) groups is 1. The highest BCUT2D eigenvalue weighted by Crippen LogP contribution is 2.13. The number of fused-ring (bicyclic) bond motifs is 1. The van der Waals surface area contributed by atoms with Crippen molar-refractivity contribution in [2.75, 3.05) is 11.9 Å². The van der Waals surface area contributed by atoms with Gasteiger partial charge in [-0.15, -0.1) is 0 Å². The fourth-order valence-corrected chi connectivity index (χ4v) is 3.11. The zero-order chi connectivity index (χ0) is 18.4. The van der Waals surface area contributed by atoms with Crippen LogP contribution < -0.4 is 10.0 Å². The lowest BCUT2D eigenvalue weighted by atomic mass is 10.2. The molecular weight excluding hydrogens is 352 g/mol. The van der Waals surface area contributed by atoms with Gasteiger partial charge in [0.25, 0.3) is 0 Å². The van der Waals surface area contributed by atoms with Crippen LogP contribution in [-0.4, -0.2) is 30.8 Å². The minimum absolute atomic E-state index is 0.00451. The molecule has 1 heterocycles. The molecule has 0 unspecified atom stereocenters. The minimum Gasteiger partial charge on any atom is -0.324 e. The molecule has 0 radical (unpaired) electrons. The minimum atomic E-state index is -3.60. The lowest BCUT2D eigenvalue weighted by molar-refractivity contribution is -0.116. The Morgan fingerprint density at radius 3 is 2.58 bits per heavy atom. The Bertz CT molecular complexity index is 994. The van der Waals surface area contributed by atoms with Gasteiger partial charge in [-0.2, -0.15) is 0 Å². The Labute approximate surface area is 151 Å². The summed E-state index contributed by atoms with van der Waals surface area (Å²) in [6.07, 6.45) is 1.49. The first-order valence-corrected chi connectivity index (χ1v) is 9.54. The number of nitrogens with one attached hydrogen (secondary N) is 3. The van der Waals surface area contributed by atoms with E-state index in [1.165, 1.54) is 6.08 Å². The molecule has 3 aromatic rings. The number of para-hydroxylation sites is 2. The molecule has 0 saturated carbocycles. The summed E-state index contributed by atoms with van der Waals surface area (Å²) in [6, 6.07) is 16.5. The Kier molecular flexibility index (Phi) is 5.45. The van der Waals surface area contributed by atoms with E-state index in [0.717, 1.165) is 22.0 Å². The number of hydrogen-bond acceptors (Lipinski definition) is 4.